The SMILES string of the molecule is Cc1ccc(OCCCCSS(=O)(=O)O)c(NC(=O)CCCCCCCCCCS(=O)O)c1. The van der Waals surface area contributed by atoms with Gasteiger partial charge in [0.05, 0.1) is 12.3 Å². The van der Waals surface area contributed by atoms with Crippen LogP contribution in [0, 0.1) is 6.92 Å². The third-order valence-electron chi connectivity index (χ3n) is 4.91. The maximum absolute atomic E-state index is 12.4. The monoisotopic (exact) mass is 523 g/mol. The fraction of sp³-hybridized carbons (Fsp3) is 0.682. The molecule has 1 unspecified atom stereocenters. The van der Waals surface area contributed by atoms with Crippen LogP contribution in [-0.2, 0) is 25.0 Å². The molecule has 0 saturated heterocycles. The minimum Gasteiger partial charge on any atom is -0.491 e. The predicted octanol–water partition coefficient (Wildman–Crippen LogP) is 5.36. The van der Waals surface area contributed by atoms with Gasteiger partial charge in [0.1, 0.15) is 5.75 Å². The highest BCUT2D eigenvalue weighted by molar-refractivity contribution is 8.69. The second kappa shape index (κ2) is 17.3. The molecule has 0 spiro atoms. The summed E-state index contributed by atoms with van der Waals surface area (Å²) in [5, 5.41) is 2.93. The third-order valence-corrected chi connectivity index (χ3v) is 7.70. The lowest BCUT2D eigenvalue weighted by Gasteiger charge is -2.13. The zero-order chi connectivity index (χ0) is 24.5. The van der Waals surface area contributed by atoms with Crippen molar-refractivity contribution in [1.29, 1.82) is 0 Å². The van der Waals surface area contributed by atoms with Crippen LogP contribution in [0.4, 0.5) is 5.69 Å². The van der Waals surface area contributed by atoms with E-state index in [0.717, 1.165) is 56.9 Å². The van der Waals surface area contributed by atoms with E-state index in [1.165, 1.54) is 0 Å². The number of hydrogen-bond acceptors (Lipinski definition) is 6. The van der Waals surface area contributed by atoms with E-state index in [4.69, 9.17) is 13.8 Å². The van der Waals surface area contributed by atoms with Gasteiger partial charge in [-0.05, 0) is 61.1 Å². The van der Waals surface area contributed by atoms with Crippen LogP contribution in [0.1, 0.15) is 76.2 Å². The average Bonchev–Trinajstić information content (AvgIpc) is 2.72. The van der Waals surface area contributed by atoms with Gasteiger partial charge in [-0.1, -0.05) is 44.6 Å². The molecule has 1 rings (SSSR count). The smallest absolute Gasteiger partial charge is 0.319 e. The van der Waals surface area contributed by atoms with E-state index in [1.54, 1.807) is 0 Å². The summed E-state index contributed by atoms with van der Waals surface area (Å²) in [7, 11) is -3.49. The third kappa shape index (κ3) is 17.0. The van der Waals surface area contributed by atoms with Crippen LogP contribution in [0.2, 0.25) is 0 Å². The molecule has 0 aliphatic heterocycles. The summed E-state index contributed by atoms with van der Waals surface area (Å²) in [6.07, 6.45) is 9.64. The molecule has 33 heavy (non-hydrogen) atoms. The first-order valence-electron chi connectivity index (χ1n) is 11.4. The molecular formula is C22H37NO7S3. The summed E-state index contributed by atoms with van der Waals surface area (Å²) in [6.45, 7) is 2.32. The van der Waals surface area contributed by atoms with Crippen LogP contribution in [0.3, 0.4) is 0 Å². The number of ether oxygens (including phenoxy) is 1. The van der Waals surface area contributed by atoms with Crippen LogP contribution >= 0.6 is 10.8 Å². The summed E-state index contributed by atoms with van der Waals surface area (Å²) in [5.74, 6) is 1.19. The lowest BCUT2D eigenvalue weighted by molar-refractivity contribution is -0.116. The van der Waals surface area contributed by atoms with Gasteiger partial charge >= 0.3 is 9.15 Å². The Kier molecular flexibility index (Phi) is 15.7. The van der Waals surface area contributed by atoms with Crippen molar-refractivity contribution in [3.8, 4) is 5.75 Å². The van der Waals surface area contributed by atoms with Crippen molar-refractivity contribution in [3.63, 3.8) is 0 Å². The summed E-state index contributed by atoms with van der Waals surface area (Å²) in [5.41, 5.74) is 1.64. The van der Waals surface area contributed by atoms with Gasteiger partial charge in [-0.3, -0.25) is 9.35 Å². The Morgan fingerprint density at radius 3 is 2.30 bits per heavy atom. The normalized spacial score (nSPS) is 12.5. The lowest BCUT2D eigenvalue weighted by atomic mass is 10.1. The zero-order valence-corrected chi connectivity index (χ0v) is 21.7. The number of benzene rings is 1. The topological polar surface area (TPSA) is 130 Å². The Morgan fingerprint density at radius 2 is 1.67 bits per heavy atom. The van der Waals surface area contributed by atoms with Crippen molar-refractivity contribution in [3.05, 3.63) is 23.8 Å². The summed E-state index contributed by atoms with van der Waals surface area (Å²) >= 11 is -1.68. The molecule has 1 atom stereocenters. The van der Waals surface area contributed by atoms with Crippen LogP contribution in [0.5, 0.6) is 5.75 Å². The molecule has 190 valence electrons. The highest BCUT2D eigenvalue weighted by Crippen LogP contribution is 2.26. The predicted molar refractivity (Wildman–Crippen MR) is 136 cm³/mol. The van der Waals surface area contributed by atoms with Gasteiger partial charge in [-0.25, -0.2) is 4.21 Å². The van der Waals surface area contributed by atoms with E-state index in [-0.39, 0.29) is 5.91 Å². The Bertz CT molecular complexity index is 831. The first kappa shape index (κ1) is 29.9. The molecule has 3 N–H and O–H groups in total. The van der Waals surface area contributed by atoms with Gasteiger partial charge in [0, 0.05) is 17.9 Å². The number of carbonyl (C=O) groups excluding carboxylic acids is 1. The summed E-state index contributed by atoms with van der Waals surface area (Å²) < 4.78 is 55.1. The average molecular weight is 524 g/mol. The van der Waals surface area contributed by atoms with Crippen molar-refractivity contribution < 1.29 is 31.3 Å². The van der Waals surface area contributed by atoms with Crippen molar-refractivity contribution in [2.75, 3.05) is 23.4 Å². The second-order valence-corrected chi connectivity index (χ2v) is 12.5. The van der Waals surface area contributed by atoms with E-state index >= 15 is 0 Å². The van der Waals surface area contributed by atoms with Crippen LogP contribution in [0.15, 0.2) is 18.2 Å². The first-order chi connectivity index (χ1) is 15.7. The van der Waals surface area contributed by atoms with E-state index in [0.29, 0.717) is 59.6 Å². The Labute approximate surface area is 204 Å². The molecule has 0 fully saturated rings. The van der Waals surface area contributed by atoms with Gasteiger partial charge < -0.3 is 14.6 Å². The zero-order valence-electron chi connectivity index (χ0n) is 19.3. The highest BCUT2D eigenvalue weighted by atomic mass is 33.1. The molecule has 11 heteroatoms. The molecule has 0 aromatic heterocycles. The van der Waals surface area contributed by atoms with Gasteiger partial charge in [-0.15, -0.1) is 0 Å². The number of nitrogens with one attached hydrogen (secondary N) is 1. The molecule has 8 nitrogen and oxygen atoms in total. The van der Waals surface area contributed by atoms with E-state index < -0.39 is 20.2 Å². The van der Waals surface area contributed by atoms with E-state index in [1.807, 2.05) is 25.1 Å². The molecule has 0 aliphatic carbocycles. The molecule has 1 aromatic rings. The molecule has 0 saturated carbocycles. The van der Waals surface area contributed by atoms with E-state index in [2.05, 4.69) is 5.32 Å². The molecule has 1 amide bonds. The van der Waals surface area contributed by atoms with E-state index in [9.17, 15) is 17.4 Å². The van der Waals surface area contributed by atoms with Crippen molar-refractivity contribution >= 4 is 42.6 Å². The van der Waals surface area contributed by atoms with Crippen molar-refractivity contribution in [1.82, 2.24) is 0 Å². The molecule has 0 bridgehead atoms. The summed E-state index contributed by atoms with van der Waals surface area (Å²) in [4.78, 5) is 12.4. The van der Waals surface area contributed by atoms with Gasteiger partial charge in [0.15, 0.2) is 11.1 Å². The Morgan fingerprint density at radius 1 is 1.03 bits per heavy atom. The lowest BCUT2D eigenvalue weighted by Crippen LogP contribution is -2.12. The van der Waals surface area contributed by atoms with Crippen LogP contribution in [-0.4, -0.2) is 45.8 Å². The Balaban J connectivity index is 2.23. The molecule has 0 radical (unpaired) electrons. The number of aryl methyl sites for hydroxylation is 1. The minimum absolute atomic E-state index is 0.0491. The molecule has 0 heterocycles. The highest BCUT2D eigenvalue weighted by Gasteiger charge is 2.09. The number of anilines is 1. The quantitative estimate of drug-likeness (QED) is 0.0956. The largest absolute Gasteiger partial charge is 0.491 e. The maximum Gasteiger partial charge on any atom is 0.319 e. The van der Waals surface area contributed by atoms with Crippen molar-refractivity contribution in [2.24, 2.45) is 0 Å². The standard InChI is InChI=1S/C22H37NO7S3/c1-19-13-14-21(30-15-9-10-16-31-33(27,28)29)20(18-19)23-22(24)12-8-6-4-2-3-5-7-11-17-32(25)26/h13-14,18H,2-12,15-17H2,1H3,(H,23,24)(H,25,26)(H,27,28,29). The maximum atomic E-state index is 12.4. The fourth-order valence-corrected chi connectivity index (χ4v) is 5.17. The number of hydrogen-bond donors (Lipinski definition) is 3. The fourth-order valence-electron chi connectivity index (χ4n) is 3.20. The Hall–Kier alpha value is -1.14. The number of amides is 1. The number of rotatable bonds is 19. The first-order valence-corrected chi connectivity index (χ1v) is 15.6. The number of unbranched alkanes of at least 4 members (excludes halogenated alkanes) is 8. The van der Waals surface area contributed by atoms with Gasteiger partial charge in [-0.2, -0.15) is 8.42 Å². The van der Waals surface area contributed by atoms with Gasteiger partial charge in [0.25, 0.3) is 0 Å². The molecule has 0 aliphatic rings. The van der Waals surface area contributed by atoms with Crippen molar-refractivity contribution in [2.45, 2.75) is 77.6 Å². The molecular weight excluding hydrogens is 486 g/mol. The van der Waals surface area contributed by atoms with Crippen LogP contribution < -0.4 is 10.1 Å². The number of carbonyl (C=O) groups is 1. The summed E-state index contributed by atoms with van der Waals surface area (Å²) in [6, 6.07) is 5.59. The van der Waals surface area contributed by atoms with Gasteiger partial charge in [0.2, 0.25) is 5.91 Å². The minimum atomic E-state index is -4.00. The molecule has 1 aromatic carbocycles. The van der Waals surface area contributed by atoms with Crippen LogP contribution in [0.25, 0.3) is 0 Å². The second-order valence-electron chi connectivity index (χ2n) is 7.96.